The first-order chi connectivity index (χ1) is 18.7. The second kappa shape index (κ2) is 12.4. The summed E-state index contributed by atoms with van der Waals surface area (Å²) in [6, 6.07) is 17.0. The van der Waals surface area contributed by atoms with Gasteiger partial charge in [-0.15, -0.1) is 0 Å². The lowest BCUT2D eigenvalue weighted by atomic mass is 10.1. The number of benzene rings is 3. The zero-order valence-corrected chi connectivity index (χ0v) is 23.7. The second-order valence-corrected chi connectivity index (χ2v) is 10.5. The molecule has 1 aliphatic heterocycles. The first kappa shape index (κ1) is 28.3. The standard InChI is InChI=1S/C30H29ClN2O5S/c1-5-37-24-14-22(13-23(31)28(24)38-17-21-9-7-6-8-10-21)15-25-29(35)33(30(36)39-25)16-26(34)32-27-19(3)11-18(2)12-20(27)4/h6-15H,5,16-17H2,1-4H3,(H,32,34)/b25-15-. The highest BCUT2D eigenvalue weighted by Crippen LogP contribution is 2.39. The van der Waals surface area contributed by atoms with Crippen LogP contribution >= 0.6 is 23.4 Å². The average Bonchev–Trinajstić information content (AvgIpc) is 3.13. The fraction of sp³-hybridized carbons (Fsp3) is 0.233. The van der Waals surface area contributed by atoms with E-state index in [0.29, 0.717) is 41.0 Å². The maximum Gasteiger partial charge on any atom is 0.294 e. The molecule has 7 nitrogen and oxygen atoms in total. The van der Waals surface area contributed by atoms with E-state index in [1.807, 2.05) is 70.2 Å². The number of halogens is 1. The van der Waals surface area contributed by atoms with E-state index in [1.54, 1.807) is 18.2 Å². The van der Waals surface area contributed by atoms with Gasteiger partial charge >= 0.3 is 0 Å². The maximum atomic E-state index is 13.1. The van der Waals surface area contributed by atoms with Crippen molar-refractivity contribution in [1.82, 2.24) is 4.90 Å². The van der Waals surface area contributed by atoms with E-state index < -0.39 is 17.1 Å². The molecule has 3 aromatic rings. The molecule has 0 unspecified atom stereocenters. The minimum absolute atomic E-state index is 0.187. The fourth-order valence-electron chi connectivity index (χ4n) is 4.29. The zero-order valence-electron chi connectivity index (χ0n) is 22.2. The van der Waals surface area contributed by atoms with Crippen LogP contribution in [-0.2, 0) is 16.2 Å². The lowest BCUT2D eigenvalue weighted by Crippen LogP contribution is -2.36. The number of hydrogen-bond acceptors (Lipinski definition) is 6. The molecule has 0 saturated carbocycles. The van der Waals surface area contributed by atoms with Crippen molar-refractivity contribution in [1.29, 1.82) is 0 Å². The number of rotatable bonds is 9. The monoisotopic (exact) mass is 564 g/mol. The number of nitrogens with zero attached hydrogens (tertiary/aromatic N) is 1. The Hall–Kier alpha value is -3.75. The molecular weight excluding hydrogens is 536 g/mol. The summed E-state index contributed by atoms with van der Waals surface area (Å²) >= 11 is 7.31. The molecule has 9 heteroatoms. The van der Waals surface area contributed by atoms with Crippen molar-refractivity contribution in [3.8, 4) is 11.5 Å². The Morgan fingerprint density at radius 3 is 2.38 bits per heavy atom. The SMILES string of the molecule is CCOc1cc(/C=C2\SC(=O)N(CC(=O)Nc3c(C)cc(C)cc3C)C2=O)cc(Cl)c1OCc1ccccc1. The maximum absolute atomic E-state index is 13.1. The third-order valence-corrected chi connectivity index (χ3v) is 7.16. The number of carbonyl (C=O) groups is 3. The Balaban J connectivity index is 1.50. The minimum atomic E-state index is -0.545. The molecule has 0 atom stereocenters. The van der Waals surface area contributed by atoms with Crippen LogP contribution in [0.1, 0.15) is 34.7 Å². The van der Waals surface area contributed by atoms with Gasteiger partial charge in [-0.25, -0.2) is 0 Å². The average molecular weight is 565 g/mol. The Bertz CT molecular complexity index is 1430. The van der Waals surface area contributed by atoms with Crippen LogP contribution in [0.3, 0.4) is 0 Å². The number of carbonyl (C=O) groups excluding carboxylic acids is 3. The van der Waals surface area contributed by atoms with Crippen molar-refractivity contribution in [3.05, 3.63) is 92.3 Å². The molecule has 0 spiro atoms. The molecule has 1 N–H and O–H groups in total. The van der Waals surface area contributed by atoms with Gasteiger partial charge in [0.2, 0.25) is 5.91 Å². The highest BCUT2D eigenvalue weighted by atomic mass is 35.5. The van der Waals surface area contributed by atoms with Gasteiger partial charge in [0.1, 0.15) is 13.2 Å². The third kappa shape index (κ3) is 6.82. The summed E-state index contributed by atoms with van der Waals surface area (Å²) in [4.78, 5) is 39.6. The van der Waals surface area contributed by atoms with Crippen molar-refractivity contribution in [3.63, 3.8) is 0 Å². The summed E-state index contributed by atoms with van der Waals surface area (Å²) in [5.74, 6) is -0.174. The Labute approximate surface area is 237 Å². The van der Waals surface area contributed by atoms with E-state index in [9.17, 15) is 14.4 Å². The Morgan fingerprint density at radius 1 is 1.03 bits per heavy atom. The summed E-state index contributed by atoms with van der Waals surface area (Å²) < 4.78 is 11.7. The number of thioether (sulfide) groups is 1. The first-order valence-electron chi connectivity index (χ1n) is 12.4. The number of nitrogens with one attached hydrogen (secondary N) is 1. The molecule has 1 saturated heterocycles. The lowest BCUT2D eigenvalue weighted by Gasteiger charge is -2.16. The largest absolute Gasteiger partial charge is 0.490 e. The van der Waals surface area contributed by atoms with Crippen molar-refractivity contribution in [2.45, 2.75) is 34.3 Å². The molecule has 0 aliphatic carbocycles. The van der Waals surface area contributed by atoms with Crippen LogP contribution in [0.2, 0.25) is 5.02 Å². The predicted molar refractivity (Wildman–Crippen MR) is 155 cm³/mol. The van der Waals surface area contributed by atoms with Gasteiger partial charge in [-0.2, -0.15) is 0 Å². The molecule has 4 rings (SSSR count). The molecule has 3 amide bonds. The van der Waals surface area contributed by atoms with Gasteiger partial charge in [0.25, 0.3) is 11.1 Å². The highest BCUT2D eigenvalue weighted by Gasteiger charge is 2.36. The van der Waals surface area contributed by atoms with Gasteiger partial charge in [-0.05, 0) is 79.9 Å². The molecule has 1 aliphatic rings. The molecule has 3 aromatic carbocycles. The molecule has 1 heterocycles. The number of amides is 3. The quantitative estimate of drug-likeness (QED) is 0.284. The van der Waals surface area contributed by atoms with E-state index in [4.69, 9.17) is 21.1 Å². The summed E-state index contributed by atoms with van der Waals surface area (Å²) in [7, 11) is 0. The number of anilines is 1. The summed E-state index contributed by atoms with van der Waals surface area (Å²) in [6.45, 7) is 7.93. The van der Waals surface area contributed by atoms with Crippen molar-refractivity contribution in [2.75, 3.05) is 18.5 Å². The van der Waals surface area contributed by atoms with Crippen LogP contribution < -0.4 is 14.8 Å². The van der Waals surface area contributed by atoms with Crippen LogP contribution in [0.4, 0.5) is 10.5 Å². The zero-order chi connectivity index (χ0) is 28.1. The van der Waals surface area contributed by atoms with Crippen LogP contribution in [0, 0.1) is 20.8 Å². The number of ether oxygens (including phenoxy) is 2. The lowest BCUT2D eigenvalue weighted by molar-refractivity contribution is -0.127. The normalized spacial score (nSPS) is 14.2. The second-order valence-electron chi connectivity index (χ2n) is 9.13. The van der Waals surface area contributed by atoms with Gasteiger partial charge in [-0.3, -0.25) is 19.3 Å². The van der Waals surface area contributed by atoms with Crippen LogP contribution in [0.5, 0.6) is 11.5 Å². The van der Waals surface area contributed by atoms with E-state index in [0.717, 1.165) is 38.9 Å². The first-order valence-corrected chi connectivity index (χ1v) is 13.6. The molecule has 0 aromatic heterocycles. The van der Waals surface area contributed by atoms with Gasteiger partial charge in [-0.1, -0.05) is 59.6 Å². The van der Waals surface area contributed by atoms with Crippen LogP contribution in [0.15, 0.2) is 59.5 Å². The van der Waals surface area contributed by atoms with E-state index in [2.05, 4.69) is 5.32 Å². The molecule has 202 valence electrons. The molecule has 0 bridgehead atoms. The summed E-state index contributed by atoms with van der Waals surface area (Å²) in [6.07, 6.45) is 1.56. The van der Waals surface area contributed by atoms with E-state index in [1.165, 1.54) is 0 Å². The van der Waals surface area contributed by atoms with Gasteiger partial charge in [0.15, 0.2) is 11.5 Å². The molecular formula is C30H29ClN2O5S. The Morgan fingerprint density at radius 2 is 1.72 bits per heavy atom. The topological polar surface area (TPSA) is 84.9 Å². The van der Waals surface area contributed by atoms with Gasteiger partial charge < -0.3 is 14.8 Å². The van der Waals surface area contributed by atoms with E-state index in [-0.39, 0.29) is 11.4 Å². The van der Waals surface area contributed by atoms with Crippen molar-refractivity contribution < 1.29 is 23.9 Å². The minimum Gasteiger partial charge on any atom is -0.490 e. The van der Waals surface area contributed by atoms with Gasteiger partial charge in [0, 0.05) is 5.69 Å². The third-order valence-electron chi connectivity index (χ3n) is 5.97. The van der Waals surface area contributed by atoms with Crippen molar-refractivity contribution in [2.24, 2.45) is 0 Å². The predicted octanol–water partition coefficient (Wildman–Crippen LogP) is 6.92. The highest BCUT2D eigenvalue weighted by molar-refractivity contribution is 8.18. The van der Waals surface area contributed by atoms with Crippen molar-refractivity contribution >= 4 is 52.2 Å². The summed E-state index contributed by atoms with van der Waals surface area (Å²) in [5, 5.41) is 2.63. The molecule has 1 fully saturated rings. The van der Waals surface area contributed by atoms with Crippen LogP contribution in [-0.4, -0.2) is 35.1 Å². The summed E-state index contributed by atoms with van der Waals surface area (Å²) in [5.41, 5.74) is 5.13. The van der Waals surface area contributed by atoms with E-state index >= 15 is 0 Å². The smallest absolute Gasteiger partial charge is 0.294 e. The van der Waals surface area contributed by atoms with Crippen LogP contribution in [0.25, 0.3) is 6.08 Å². The fourth-order valence-corrected chi connectivity index (χ4v) is 5.40. The van der Waals surface area contributed by atoms with Gasteiger partial charge in [0.05, 0.1) is 16.5 Å². The molecule has 0 radical (unpaired) electrons. The number of imide groups is 1. The Kier molecular flexibility index (Phi) is 8.99. The number of hydrogen-bond donors (Lipinski definition) is 1. The number of aryl methyl sites for hydroxylation is 3. The molecule has 39 heavy (non-hydrogen) atoms.